The Morgan fingerprint density at radius 3 is 3.13 bits per heavy atom. The van der Waals surface area contributed by atoms with Crippen LogP contribution < -0.4 is 5.32 Å². The molecule has 1 N–H and O–H groups in total. The van der Waals surface area contributed by atoms with E-state index < -0.39 is 0 Å². The molecule has 1 aromatic heterocycles. The first kappa shape index (κ1) is 10.5. The van der Waals surface area contributed by atoms with Gasteiger partial charge in [0.15, 0.2) is 0 Å². The van der Waals surface area contributed by atoms with Gasteiger partial charge in [-0.05, 0) is 30.9 Å². The second kappa shape index (κ2) is 5.15. The largest absolute Gasteiger partial charge is 0.381 e. The molecule has 0 bridgehead atoms. The predicted octanol–water partition coefficient (Wildman–Crippen LogP) is 3.46. The summed E-state index contributed by atoms with van der Waals surface area (Å²) in [6.07, 6.45) is 10.5. The topological polar surface area (TPSA) is 24.9 Å². The minimum absolute atomic E-state index is 0.660. The Morgan fingerprint density at radius 1 is 1.47 bits per heavy atom. The highest BCUT2D eigenvalue weighted by atomic mass is 14.9. The van der Waals surface area contributed by atoms with Crippen LogP contribution >= 0.6 is 0 Å². The number of nitrogens with one attached hydrogen (secondary N) is 1. The normalized spacial score (nSPS) is 26.2. The number of rotatable bonds is 3. The number of hydrogen-bond donors (Lipinski definition) is 1. The maximum absolute atomic E-state index is 4.13. The second-order valence-corrected chi connectivity index (χ2v) is 4.52. The zero-order valence-electron chi connectivity index (χ0n) is 9.45. The van der Waals surface area contributed by atoms with Crippen LogP contribution in [0.15, 0.2) is 24.5 Å². The van der Waals surface area contributed by atoms with Crippen LogP contribution in [0.5, 0.6) is 0 Å². The SMILES string of the molecule is CCC1CCCC(Nc2cccnc2)C1. The standard InChI is InChI=1S/C13H20N2/c1-2-11-5-3-6-12(9-11)15-13-7-4-8-14-10-13/h4,7-8,10-12,15H,2-3,5-6,9H2,1H3. The van der Waals surface area contributed by atoms with E-state index >= 15 is 0 Å². The first-order chi connectivity index (χ1) is 7.38. The third kappa shape index (κ3) is 2.95. The highest BCUT2D eigenvalue weighted by Gasteiger charge is 2.20. The molecule has 0 aromatic carbocycles. The molecule has 1 aliphatic rings. The van der Waals surface area contributed by atoms with E-state index in [4.69, 9.17) is 0 Å². The van der Waals surface area contributed by atoms with Crippen molar-refractivity contribution in [3.63, 3.8) is 0 Å². The van der Waals surface area contributed by atoms with E-state index in [1.165, 1.54) is 37.8 Å². The molecule has 1 aromatic rings. The van der Waals surface area contributed by atoms with E-state index in [9.17, 15) is 0 Å². The Bertz CT molecular complexity index is 284. The molecule has 0 amide bonds. The fourth-order valence-electron chi connectivity index (χ4n) is 2.48. The zero-order chi connectivity index (χ0) is 10.5. The summed E-state index contributed by atoms with van der Waals surface area (Å²) in [5.74, 6) is 0.924. The molecule has 0 radical (unpaired) electrons. The van der Waals surface area contributed by atoms with Crippen LogP contribution in [0.2, 0.25) is 0 Å². The van der Waals surface area contributed by atoms with E-state index in [0.717, 1.165) is 5.92 Å². The van der Waals surface area contributed by atoms with Crippen molar-refractivity contribution in [1.29, 1.82) is 0 Å². The summed E-state index contributed by atoms with van der Waals surface area (Å²) in [6, 6.07) is 4.75. The predicted molar refractivity (Wildman–Crippen MR) is 63.9 cm³/mol. The molecule has 0 saturated heterocycles. The van der Waals surface area contributed by atoms with Gasteiger partial charge in [0.2, 0.25) is 0 Å². The molecule has 2 rings (SSSR count). The van der Waals surface area contributed by atoms with Crippen LogP contribution in [-0.4, -0.2) is 11.0 Å². The number of pyridine rings is 1. The first-order valence-corrected chi connectivity index (χ1v) is 6.05. The van der Waals surface area contributed by atoms with Crippen molar-refractivity contribution in [2.24, 2.45) is 5.92 Å². The smallest absolute Gasteiger partial charge is 0.0528 e. The summed E-state index contributed by atoms with van der Waals surface area (Å²) in [5.41, 5.74) is 1.17. The lowest BCUT2D eigenvalue weighted by atomic mass is 9.84. The summed E-state index contributed by atoms with van der Waals surface area (Å²) in [4.78, 5) is 4.13. The summed E-state index contributed by atoms with van der Waals surface area (Å²) in [7, 11) is 0. The van der Waals surface area contributed by atoms with E-state index in [2.05, 4.69) is 23.3 Å². The van der Waals surface area contributed by atoms with Crippen molar-refractivity contribution >= 4 is 5.69 Å². The average Bonchev–Trinajstić information content (AvgIpc) is 2.31. The van der Waals surface area contributed by atoms with Gasteiger partial charge >= 0.3 is 0 Å². The third-order valence-electron chi connectivity index (χ3n) is 3.39. The maximum atomic E-state index is 4.13. The lowest BCUT2D eigenvalue weighted by Crippen LogP contribution is -2.27. The minimum Gasteiger partial charge on any atom is -0.381 e. The molecule has 1 heterocycles. The number of hydrogen-bond acceptors (Lipinski definition) is 2. The van der Waals surface area contributed by atoms with E-state index in [-0.39, 0.29) is 0 Å². The summed E-state index contributed by atoms with van der Waals surface area (Å²) in [6.45, 7) is 2.30. The Labute approximate surface area is 92.1 Å². The molecule has 2 atom stereocenters. The quantitative estimate of drug-likeness (QED) is 0.815. The highest BCUT2D eigenvalue weighted by Crippen LogP contribution is 2.28. The molecule has 2 nitrogen and oxygen atoms in total. The molecule has 2 heteroatoms. The molecule has 1 aliphatic carbocycles. The van der Waals surface area contributed by atoms with Crippen molar-refractivity contribution in [3.05, 3.63) is 24.5 Å². The van der Waals surface area contributed by atoms with Crippen molar-refractivity contribution in [3.8, 4) is 0 Å². The number of anilines is 1. The van der Waals surface area contributed by atoms with Crippen molar-refractivity contribution in [1.82, 2.24) is 4.98 Å². The molecule has 1 saturated carbocycles. The van der Waals surface area contributed by atoms with Crippen LogP contribution in [0.4, 0.5) is 5.69 Å². The molecule has 0 aliphatic heterocycles. The van der Waals surface area contributed by atoms with Crippen molar-refractivity contribution in [2.45, 2.75) is 45.1 Å². The van der Waals surface area contributed by atoms with Crippen LogP contribution in [-0.2, 0) is 0 Å². The summed E-state index contributed by atoms with van der Waals surface area (Å²) < 4.78 is 0. The Kier molecular flexibility index (Phi) is 3.59. The summed E-state index contributed by atoms with van der Waals surface area (Å²) in [5, 5.41) is 3.58. The molecule has 82 valence electrons. The van der Waals surface area contributed by atoms with Gasteiger partial charge in [-0.15, -0.1) is 0 Å². The molecule has 1 fully saturated rings. The fraction of sp³-hybridized carbons (Fsp3) is 0.615. The fourth-order valence-corrected chi connectivity index (χ4v) is 2.48. The second-order valence-electron chi connectivity index (χ2n) is 4.52. The van der Waals surface area contributed by atoms with Gasteiger partial charge in [-0.3, -0.25) is 4.98 Å². The maximum Gasteiger partial charge on any atom is 0.0528 e. The Hall–Kier alpha value is -1.05. The third-order valence-corrected chi connectivity index (χ3v) is 3.39. The van der Waals surface area contributed by atoms with Gasteiger partial charge in [-0.1, -0.05) is 26.2 Å². The van der Waals surface area contributed by atoms with Crippen LogP contribution in [0, 0.1) is 5.92 Å². The lowest BCUT2D eigenvalue weighted by Gasteiger charge is -2.29. The van der Waals surface area contributed by atoms with Crippen molar-refractivity contribution in [2.75, 3.05) is 5.32 Å². The van der Waals surface area contributed by atoms with Gasteiger partial charge < -0.3 is 5.32 Å². The van der Waals surface area contributed by atoms with E-state index in [0.29, 0.717) is 6.04 Å². The minimum atomic E-state index is 0.660. The number of aromatic nitrogens is 1. The van der Waals surface area contributed by atoms with Gasteiger partial charge in [0.1, 0.15) is 0 Å². The molecule has 15 heavy (non-hydrogen) atoms. The zero-order valence-corrected chi connectivity index (χ0v) is 9.45. The van der Waals surface area contributed by atoms with Gasteiger partial charge in [-0.2, -0.15) is 0 Å². The molecular formula is C13H20N2. The average molecular weight is 204 g/mol. The first-order valence-electron chi connectivity index (χ1n) is 6.05. The van der Waals surface area contributed by atoms with Gasteiger partial charge in [0.05, 0.1) is 5.69 Å². The number of nitrogens with zero attached hydrogens (tertiary/aromatic N) is 1. The van der Waals surface area contributed by atoms with E-state index in [1.54, 1.807) is 0 Å². The Morgan fingerprint density at radius 2 is 2.40 bits per heavy atom. The van der Waals surface area contributed by atoms with Gasteiger partial charge in [0.25, 0.3) is 0 Å². The summed E-state index contributed by atoms with van der Waals surface area (Å²) >= 11 is 0. The van der Waals surface area contributed by atoms with Crippen LogP contribution in [0.3, 0.4) is 0 Å². The van der Waals surface area contributed by atoms with Gasteiger partial charge in [-0.25, -0.2) is 0 Å². The molecule has 2 unspecified atom stereocenters. The lowest BCUT2D eigenvalue weighted by molar-refractivity contribution is 0.327. The molecular weight excluding hydrogens is 184 g/mol. The Balaban J connectivity index is 1.89. The van der Waals surface area contributed by atoms with Crippen LogP contribution in [0.1, 0.15) is 39.0 Å². The van der Waals surface area contributed by atoms with Gasteiger partial charge in [0, 0.05) is 18.4 Å². The van der Waals surface area contributed by atoms with E-state index in [1.807, 2.05) is 18.5 Å². The highest BCUT2D eigenvalue weighted by molar-refractivity contribution is 5.40. The molecule has 0 spiro atoms. The monoisotopic (exact) mass is 204 g/mol. The van der Waals surface area contributed by atoms with Crippen molar-refractivity contribution < 1.29 is 0 Å². The van der Waals surface area contributed by atoms with Crippen LogP contribution in [0.25, 0.3) is 0 Å².